The lowest BCUT2D eigenvalue weighted by molar-refractivity contribution is 0.0827. The Hall–Kier alpha value is -1.62. The van der Waals surface area contributed by atoms with Gasteiger partial charge in [0.25, 0.3) is 5.91 Å². The Morgan fingerprint density at radius 3 is 2.39 bits per heavy atom. The molecule has 128 valence electrons. The summed E-state index contributed by atoms with van der Waals surface area (Å²) in [6, 6.07) is 7.37. The first-order valence-electron chi connectivity index (χ1n) is 8.34. The van der Waals surface area contributed by atoms with Crippen molar-refractivity contribution in [2.75, 3.05) is 26.0 Å². The first-order valence-corrected chi connectivity index (χ1v) is 8.75. The van der Waals surface area contributed by atoms with Crippen LogP contribution in [0.1, 0.15) is 49.9 Å². The largest absolute Gasteiger partial charge is 0.362 e. The number of nitrogens with one attached hydrogen (secondary N) is 2. The summed E-state index contributed by atoms with van der Waals surface area (Å²) in [6.07, 6.45) is 4.90. The van der Waals surface area contributed by atoms with Crippen LogP contribution in [0.3, 0.4) is 0 Å². The molecule has 0 spiro atoms. The van der Waals surface area contributed by atoms with Crippen molar-refractivity contribution in [2.24, 2.45) is 5.92 Å². The number of rotatable bonds is 8. The smallest absolute Gasteiger partial charge is 0.253 e. The molecule has 0 bridgehead atoms. The monoisotopic (exact) mass is 335 g/mol. The van der Waals surface area contributed by atoms with Crippen LogP contribution in [0.5, 0.6) is 0 Å². The molecule has 0 saturated carbocycles. The maximum Gasteiger partial charge on any atom is 0.253 e. The minimum absolute atomic E-state index is 0.000960. The molecule has 1 rings (SSSR count). The number of carbonyl (C=O) groups excluding carboxylic acids is 1. The van der Waals surface area contributed by atoms with Crippen molar-refractivity contribution >= 4 is 28.9 Å². The van der Waals surface area contributed by atoms with Gasteiger partial charge in [-0.15, -0.1) is 0 Å². The highest BCUT2D eigenvalue weighted by Gasteiger charge is 2.09. The fraction of sp³-hybridized carbons (Fsp3) is 0.556. The number of amides is 1. The molecule has 4 nitrogen and oxygen atoms in total. The number of unbranched alkanes of at least 4 members (excludes halogenated alkanes) is 1. The summed E-state index contributed by atoms with van der Waals surface area (Å²) in [5.41, 5.74) is 1.56. The molecule has 23 heavy (non-hydrogen) atoms. The summed E-state index contributed by atoms with van der Waals surface area (Å²) < 4.78 is 0. The minimum Gasteiger partial charge on any atom is -0.362 e. The van der Waals surface area contributed by atoms with Crippen LogP contribution in [0.2, 0.25) is 0 Å². The molecule has 0 aliphatic carbocycles. The second-order valence-corrected chi connectivity index (χ2v) is 6.44. The third kappa shape index (κ3) is 6.99. The van der Waals surface area contributed by atoms with Gasteiger partial charge in [0.1, 0.15) is 0 Å². The van der Waals surface area contributed by atoms with Crippen LogP contribution >= 0.6 is 12.2 Å². The van der Waals surface area contributed by atoms with Crippen molar-refractivity contribution in [1.82, 2.24) is 10.2 Å². The van der Waals surface area contributed by atoms with E-state index in [0.29, 0.717) is 16.6 Å². The summed E-state index contributed by atoms with van der Waals surface area (Å²) in [5, 5.41) is 7.09. The van der Waals surface area contributed by atoms with E-state index in [1.54, 1.807) is 19.0 Å². The van der Waals surface area contributed by atoms with E-state index in [9.17, 15) is 4.79 Å². The maximum atomic E-state index is 11.8. The molecule has 1 amide bonds. The number of hydrogen-bond acceptors (Lipinski definition) is 2. The summed E-state index contributed by atoms with van der Waals surface area (Å²) in [6.45, 7) is 5.34. The number of nitrogens with zero attached hydrogens (tertiary/aromatic N) is 1. The fourth-order valence-electron chi connectivity index (χ4n) is 2.31. The topological polar surface area (TPSA) is 44.4 Å². The van der Waals surface area contributed by atoms with Crippen molar-refractivity contribution in [3.05, 3.63) is 29.8 Å². The molecule has 2 N–H and O–H groups in total. The predicted octanol–water partition coefficient (Wildman–Crippen LogP) is 3.89. The molecular formula is C18H29N3OS. The molecule has 0 heterocycles. The average molecular weight is 336 g/mol. The summed E-state index contributed by atoms with van der Waals surface area (Å²) >= 11 is 5.34. The number of carbonyl (C=O) groups is 1. The van der Waals surface area contributed by atoms with E-state index in [2.05, 4.69) is 24.5 Å². The van der Waals surface area contributed by atoms with Gasteiger partial charge in [-0.1, -0.05) is 33.1 Å². The first-order chi connectivity index (χ1) is 11.0. The van der Waals surface area contributed by atoms with Crippen LogP contribution in [0.4, 0.5) is 5.69 Å². The molecule has 0 radical (unpaired) electrons. The molecule has 0 unspecified atom stereocenters. The lowest BCUT2D eigenvalue weighted by atomic mass is 9.99. The molecule has 0 fully saturated rings. The van der Waals surface area contributed by atoms with Crippen molar-refractivity contribution in [3.8, 4) is 0 Å². The highest BCUT2D eigenvalue weighted by atomic mass is 32.1. The number of hydrogen-bond donors (Lipinski definition) is 2. The SMILES string of the molecule is CCCC[C@H](CC)CNC(=S)Nc1ccc(C(=O)N(C)C)cc1. The van der Waals surface area contributed by atoms with Crippen LogP contribution in [0.15, 0.2) is 24.3 Å². The van der Waals surface area contributed by atoms with E-state index < -0.39 is 0 Å². The average Bonchev–Trinajstić information content (AvgIpc) is 2.55. The summed E-state index contributed by atoms with van der Waals surface area (Å²) in [4.78, 5) is 13.4. The molecule has 0 aliphatic heterocycles. The van der Waals surface area contributed by atoms with Gasteiger partial charge in [-0.3, -0.25) is 4.79 Å². The van der Waals surface area contributed by atoms with E-state index in [4.69, 9.17) is 12.2 Å². The van der Waals surface area contributed by atoms with Gasteiger partial charge in [0, 0.05) is 31.9 Å². The van der Waals surface area contributed by atoms with Gasteiger partial charge in [0.2, 0.25) is 0 Å². The lowest BCUT2D eigenvalue weighted by Gasteiger charge is -2.17. The van der Waals surface area contributed by atoms with Crippen LogP contribution in [-0.4, -0.2) is 36.6 Å². The number of thiocarbonyl (C=S) groups is 1. The third-order valence-corrected chi connectivity index (χ3v) is 4.14. The van der Waals surface area contributed by atoms with Gasteiger partial charge < -0.3 is 15.5 Å². The molecular weight excluding hydrogens is 306 g/mol. The van der Waals surface area contributed by atoms with Crippen LogP contribution < -0.4 is 10.6 Å². The Kier molecular flexibility index (Phi) is 8.62. The number of anilines is 1. The van der Waals surface area contributed by atoms with Gasteiger partial charge in [-0.05, 0) is 48.8 Å². The summed E-state index contributed by atoms with van der Waals surface area (Å²) in [7, 11) is 3.49. The van der Waals surface area contributed by atoms with E-state index >= 15 is 0 Å². The molecule has 1 aromatic rings. The molecule has 5 heteroatoms. The van der Waals surface area contributed by atoms with E-state index in [1.165, 1.54) is 19.3 Å². The fourth-order valence-corrected chi connectivity index (χ4v) is 2.51. The highest BCUT2D eigenvalue weighted by molar-refractivity contribution is 7.80. The van der Waals surface area contributed by atoms with Gasteiger partial charge in [0.15, 0.2) is 5.11 Å². The zero-order valence-electron chi connectivity index (χ0n) is 14.7. The standard InChI is InChI=1S/C18H29N3OS/c1-5-7-8-14(6-2)13-19-18(23)20-16-11-9-15(10-12-16)17(22)21(3)4/h9-12,14H,5-8,13H2,1-4H3,(H2,19,20,23)/t14-/m0/s1. The normalized spacial score (nSPS) is 11.7. The molecule has 0 saturated heterocycles. The van der Waals surface area contributed by atoms with E-state index in [-0.39, 0.29) is 5.91 Å². The predicted molar refractivity (Wildman–Crippen MR) is 102 cm³/mol. The van der Waals surface area contributed by atoms with E-state index in [1.807, 2.05) is 24.3 Å². The van der Waals surface area contributed by atoms with Crippen molar-refractivity contribution in [3.63, 3.8) is 0 Å². The zero-order chi connectivity index (χ0) is 17.2. The highest BCUT2D eigenvalue weighted by Crippen LogP contribution is 2.13. The zero-order valence-corrected chi connectivity index (χ0v) is 15.5. The quantitative estimate of drug-likeness (QED) is 0.708. The Morgan fingerprint density at radius 2 is 1.87 bits per heavy atom. The van der Waals surface area contributed by atoms with Crippen molar-refractivity contribution in [1.29, 1.82) is 0 Å². The Balaban J connectivity index is 2.46. The van der Waals surface area contributed by atoms with Crippen molar-refractivity contribution < 1.29 is 4.79 Å². The first kappa shape index (κ1) is 19.4. The number of benzene rings is 1. The van der Waals surface area contributed by atoms with Crippen molar-refractivity contribution in [2.45, 2.75) is 39.5 Å². The Bertz CT molecular complexity index is 499. The molecule has 1 atom stereocenters. The summed E-state index contributed by atoms with van der Waals surface area (Å²) in [5.74, 6) is 0.661. The van der Waals surface area contributed by atoms with Gasteiger partial charge in [-0.25, -0.2) is 0 Å². The Labute approximate surface area is 145 Å². The van der Waals surface area contributed by atoms with Gasteiger partial charge >= 0.3 is 0 Å². The minimum atomic E-state index is -0.000960. The molecule has 0 aromatic heterocycles. The Morgan fingerprint density at radius 1 is 1.22 bits per heavy atom. The second-order valence-electron chi connectivity index (χ2n) is 6.03. The van der Waals surface area contributed by atoms with Gasteiger partial charge in [0.05, 0.1) is 0 Å². The van der Waals surface area contributed by atoms with Crippen LogP contribution in [0.25, 0.3) is 0 Å². The maximum absolute atomic E-state index is 11.8. The second kappa shape index (κ2) is 10.2. The lowest BCUT2D eigenvalue weighted by Crippen LogP contribution is -2.32. The van der Waals surface area contributed by atoms with Crippen LogP contribution in [-0.2, 0) is 0 Å². The third-order valence-electron chi connectivity index (χ3n) is 3.89. The molecule has 1 aromatic carbocycles. The van der Waals surface area contributed by atoms with Gasteiger partial charge in [-0.2, -0.15) is 0 Å². The van der Waals surface area contributed by atoms with E-state index in [0.717, 1.165) is 18.7 Å². The molecule has 0 aliphatic rings. The van der Waals surface area contributed by atoms with Crippen LogP contribution in [0, 0.1) is 5.92 Å².